The molecule has 1 heterocycles. The largest absolute Gasteiger partial charge is 0.454 e. The highest BCUT2D eigenvalue weighted by molar-refractivity contribution is 5.46. The van der Waals surface area contributed by atoms with Crippen LogP contribution < -0.4 is 9.47 Å². The second-order valence-corrected chi connectivity index (χ2v) is 3.97. The minimum absolute atomic E-state index is 0.232. The van der Waals surface area contributed by atoms with Gasteiger partial charge in [-0.15, -0.1) is 0 Å². The zero-order valence-corrected chi connectivity index (χ0v) is 9.69. The molecule has 1 aliphatic heterocycles. The zero-order valence-electron chi connectivity index (χ0n) is 9.69. The smallest absolute Gasteiger partial charge is 0.231 e. The van der Waals surface area contributed by atoms with Crippen molar-refractivity contribution in [3.8, 4) is 23.3 Å². The van der Waals surface area contributed by atoms with E-state index in [1.54, 1.807) is 18.2 Å². The maximum atomic E-state index is 9.87. The van der Waals surface area contributed by atoms with Crippen LogP contribution in [0.2, 0.25) is 0 Å². The molecule has 0 amide bonds. The van der Waals surface area contributed by atoms with Crippen molar-refractivity contribution in [2.45, 2.75) is 19.4 Å². The quantitative estimate of drug-likeness (QED) is 0.626. The van der Waals surface area contributed by atoms with Crippen molar-refractivity contribution < 1.29 is 14.6 Å². The average Bonchev–Trinajstić information content (AvgIpc) is 2.75. The third-order valence-corrected chi connectivity index (χ3v) is 2.34. The van der Waals surface area contributed by atoms with Crippen molar-refractivity contribution in [3.63, 3.8) is 0 Å². The highest BCUT2D eigenvalue weighted by atomic mass is 16.7. The van der Waals surface area contributed by atoms with Crippen LogP contribution in [0.4, 0.5) is 0 Å². The minimum Gasteiger partial charge on any atom is -0.454 e. The number of benzene rings is 1. The molecule has 0 spiro atoms. The van der Waals surface area contributed by atoms with Crippen molar-refractivity contribution >= 4 is 0 Å². The van der Waals surface area contributed by atoms with Crippen LogP contribution in [-0.4, -0.2) is 11.9 Å². The Hall–Kier alpha value is -1.92. The fourth-order valence-corrected chi connectivity index (χ4v) is 1.47. The Morgan fingerprint density at radius 3 is 3.00 bits per heavy atom. The Morgan fingerprint density at radius 2 is 2.24 bits per heavy atom. The molecule has 0 bridgehead atoms. The number of aliphatic hydroxyl groups excluding tert-OH is 1. The number of aliphatic hydroxyl groups is 1. The maximum Gasteiger partial charge on any atom is 0.231 e. The van der Waals surface area contributed by atoms with Crippen molar-refractivity contribution in [2.75, 3.05) is 6.79 Å². The summed E-state index contributed by atoms with van der Waals surface area (Å²) in [6, 6.07) is 5.32. The Labute approximate surface area is 101 Å². The zero-order chi connectivity index (χ0) is 12.3. The van der Waals surface area contributed by atoms with Gasteiger partial charge in [-0.05, 0) is 24.6 Å². The molecule has 0 radical (unpaired) electrons. The number of allylic oxidation sites excluding steroid dienone is 1. The summed E-state index contributed by atoms with van der Waals surface area (Å²) in [4.78, 5) is 0. The summed E-state index contributed by atoms with van der Waals surface area (Å²) < 4.78 is 10.4. The van der Waals surface area contributed by atoms with E-state index in [9.17, 15) is 5.11 Å². The molecule has 0 saturated heterocycles. The van der Waals surface area contributed by atoms with E-state index < -0.39 is 6.10 Å². The summed E-state index contributed by atoms with van der Waals surface area (Å²) in [6.45, 7) is 5.89. The van der Waals surface area contributed by atoms with Gasteiger partial charge in [-0.2, -0.15) is 0 Å². The molecule has 3 heteroatoms. The summed E-state index contributed by atoms with van der Waals surface area (Å²) >= 11 is 0. The van der Waals surface area contributed by atoms with Gasteiger partial charge in [0.05, 0.1) is 0 Å². The summed E-state index contributed by atoms with van der Waals surface area (Å²) in [5.74, 6) is 7.01. The fraction of sp³-hybridized carbons (Fsp3) is 0.286. The molecular formula is C14H14O3. The molecule has 1 unspecified atom stereocenters. The van der Waals surface area contributed by atoms with Crippen molar-refractivity contribution in [2.24, 2.45) is 0 Å². The summed E-state index contributed by atoms with van der Waals surface area (Å²) in [5.41, 5.74) is 1.69. The topological polar surface area (TPSA) is 38.7 Å². The maximum absolute atomic E-state index is 9.87. The third-order valence-electron chi connectivity index (χ3n) is 2.34. The standard InChI is InChI=1S/C14H14O3/c1-10(2)4-3-5-12(15)11-6-7-13-14(8-11)17-9-16-13/h6-8,12,15H,1,4,9H2,2H3. The van der Waals surface area contributed by atoms with Crippen LogP contribution in [0.15, 0.2) is 30.4 Å². The normalized spacial score (nSPS) is 13.8. The van der Waals surface area contributed by atoms with Gasteiger partial charge in [-0.3, -0.25) is 0 Å². The van der Waals surface area contributed by atoms with Gasteiger partial charge < -0.3 is 14.6 Å². The molecule has 1 atom stereocenters. The minimum atomic E-state index is -0.802. The second-order valence-electron chi connectivity index (χ2n) is 3.97. The molecule has 0 fully saturated rings. The summed E-state index contributed by atoms with van der Waals surface area (Å²) in [7, 11) is 0. The van der Waals surface area contributed by atoms with Crippen LogP contribution in [0, 0.1) is 11.8 Å². The number of hydrogen-bond donors (Lipinski definition) is 1. The molecule has 2 rings (SSSR count). The number of ether oxygens (including phenoxy) is 2. The van der Waals surface area contributed by atoms with Crippen LogP contribution in [0.1, 0.15) is 25.0 Å². The second kappa shape index (κ2) is 4.94. The van der Waals surface area contributed by atoms with E-state index in [-0.39, 0.29) is 6.79 Å². The lowest BCUT2D eigenvalue weighted by molar-refractivity contribution is 0.173. The molecule has 88 valence electrons. The predicted octanol–water partition coefficient (Wildman–Crippen LogP) is 2.42. The monoisotopic (exact) mass is 230 g/mol. The molecule has 0 aromatic heterocycles. The molecule has 1 aromatic carbocycles. The lowest BCUT2D eigenvalue weighted by Crippen LogP contribution is -1.94. The van der Waals surface area contributed by atoms with Gasteiger partial charge >= 0.3 is 0 Å². The number of rotatable bonds is 2. The first-order valence-corrected chi connectivity index (χ1v) is 5.37. The Balaban J connectivity index is 2.11. The van der Waals surface area contributed by atoms with Crippen LogP contribution in [0.5, 0.6) is 11.5 Å². The molecule has 1 N–H and O–H groups in total. The Morgan fingerprint density at radius 1 is 1.47 bits per heavy atom. The van der Waals surface area contributed by atoms with E-state index in [2.05, 4.69) is 18.4 Å². The van der Waals surface area contributed by atoms with Gasteiger partial charge in [0.1, 0.15) is 6.10 Å². The summed E-state index contributed by atoms with van der Waals surface area (Å²) in [6.07, 6.45) is -0.203. The number of hydrogen-bond acceptors (Lipinski definition) is 3. The van der Waals surface area contributed by atoms with Gasteiger partial charge in [-0.25, -0.2) is 0 Å². The van der Waals surface area contributed by atoms with Gasteiger partial charge in [0, 0.05) is 6.42 Å². The molecule has 0 aliphatic carbocycles. The van der Waals surface area contributed by atoms with Crippen LogP contribution in [0.25, 0.3) is 0 Å². The lowest BCUT2D eigenvalue weighted by Gasteiger charge is -2.04. The Bertz CT molecular complexity index is 494. The van der Waals surface area contributed by atoms with E-state index in [1.807, 2.05) is 6.92 Å². The van der Waals surface area contributed by atoms with E-state index in [0.717, 1.165) is 5.57 Å². The Kier molecular flexibility index (Phi) is 3.36. The summed E-state index contributed by atoms with van der Waals surface area (Å²) in [5, 5.41) is 9.87. The highest BCUT2D eigenvalue weighted by Gasteiger charge is 2.15. The fourth-order valence-electron chi connectivity index (χ4n) is 1.47. The van der Waals surface area contributed by atoms with Crippen LogP contribution in [0.3, 0.4) is 0 Å². The van der Waals surface area contributed by atoms with Crippen LogP contribution in [-0.2, 0) is 0 Å². The van der Waals surface area contributed by atoms with Crippen molar-refractivity contribution in [1.82, 2.24) is 0 Å². The average molecular weight is 230 g/mol. The number of fused-ring (bicyclic) bond motifs is 1. The molecule has 0 saturated carbocycles. The first-order valence-electron chi connectivity index (χ1n) is 5.37. The van der Waals surface area contributed by atoms with Crippen molar-refractivity contribution in [3.05, 3.63) is 35.9 Å². The first kappa shape index (κ1) is 11.6. The van der Waals surface area contributed by atoms with Gasteiger partial charge in [0.25, 0.3) is 0 Å². The molecule has 3 nitrogen and oxygen atoms in total. The first-order chi connectivity index (χ1) is 8.16. The van der Waals surface area contributed by atoms with Gasteiger partial charge in [0.2, 0.25) is 6.79 Å². The SMILES string of the molecule is C=C(C)CC#CC(O)c1ccc2c(c1)OCO2. The van der Waals surface area contributed by atoms with E-state index >= 15 is 0 Å². The molecule has 17 heavy (non-hydrogen) atoms. The van der Waals surface area contributed by atoms with Gasteiger partial charge in [0.15, 0.2) is 11.5 Å². The highest BCUT2D eigenvalue weighted by Crippen LogP contribution is 2.33. The van der Waals surface area contributed by atoms with E-state index in [1.165, 1.54) is 0 Å². The van der Waals surface area contributed by atoms with Gasteiger partial charge in [-0.1, -0.05) is 30.1 Å². The third kappa shape index (κ3) is 2.80. The van der Waals surface area contributed by atoms with E-state index in [4.69, 9.17) is 9.47 Å². The lowest BCUT2D eigenvalue weighted by atomic mass is 10.1. The van der Waals surface area contributed by atoms with Crippen LogP contribution >= 0.6 is 0 Å². The molecular weight excluding hydrogens is 216 g/mol. The molecule has 1 aromatic rings. The van der Waals surface area contributed by atoms with Crippen molar-refractivity contribution in [1.29, 1.82) is 0 Å². The van der Waals surface area contributed by atoms with E-state index in [0.29, 0.717) is 23.5 Å². The predicted molar refractivity (Wildman–Crippen MR) is 64.7 cm³/mol. The molecule has 1 aliphatic rings.